The van der Waals surface area contributed by atoms with Gasteiger partial charge in [-0.05, 0) is 0 Å². The summed E-state index contributed by atoms with van der Waals surface area (Å²) in [6.07, 6.45) is 2.08. The van der Waals surface area contributed by atoms with Crippen molar-refractivity contribution in [2.75, 3.05) is 6.61 Å². The summed E-state index contributed by atoms with van der Waals surface area (Å²) in [4.78, 5) is 24.1. The monoisotopic (exact) mass is 324 g/mol. The first kappa shape index (κ1) is 12.9. The Morgan fingerprint density at radius 3 is 2.74 bits per heavy atom. The van der Waals surface area contributed by atoms with Gasteiger partial charge >= 0.3 is 118 Å². The van der Waals surface area contributed by atoms with Crippen LogP contribution in [0.25, 0.3) is 0 Å². The Kier molecular flexibility index (Phi) is 3.46. The minimum atomic E-state index is -0.781. The number of ketones is 1. The van der Waals surface area contributed by atoms with Crippen LogP contribution in [0.2, 0.25) is 5.32 Å². The number of rotatable bonds is 3. The molecule has 1 aliphatic carbocycles. The molecule has 0 bridgehead atoms. The molecule has 1 aromatic rings. The van der Waals surface area contributed by atoms with Gasteiger partial charge < -0.3 is 0 Å². The minimum absolute atomic E-state index is 0.0928. The number of ether oxygens (including phenoxy) is 1. The summed E-state index contributed by atoms with van der Waals surface area (Å²) in [7, 11) is 0. The van der Waals surface area contributed by atoms with E-state index >= 15 is 0 Å². The maximum atomic E-state index is 12.1. The zero-order valence-electron chi connectivity index (χ0n) is 10.6. The van der Waals surface area contributed by atoms with E-state index in [1.807, 2.05) is 18.2 Å². The molecule has 2 aliphatic rings. The summed E-state index contributed by atoms with van der Waals surface area (Å²) in [6.45, 7) is 0.430. The number of esters is 1. The average Bonchev–Trinajstić information content (AvgIpc) is 2.96. The first-order valence-electron chi connectivity index (χ1n) is 6.62. The van der Waals surface area contributed by atoms with Gasteiger partial charge in [0.2, 0.25) is 0 Å². The summed E-state index contributed by atoms with van der Waals surface area (Å²) in [5, 5.41) is 0.911. The molecule has 2 fully saturated rings. The SMILES string of the molecule is O=C1CCCC12C(=O)OCC2C[Se]c1ccccc1. The number of cyclic esters (lactones) is 1. The molecule has 3 rings (SSSR count). The van der Waals surface area contributed by atoms with Crippen molar-refractivity contribution in [3.8, 4) is 0 Å². The van der Waals surface area contributed by atoms with E-state index in [-0.39, 0.29) is 17.7 Å². The standard InChI is InChI=1S/C15H16O3Se/c16-13-7-4-8-15(13)11(9-18-14(15)17)10-19-12-5-2-1-3-6-12/h1-3,5-6,11H,4,7-10H2. The molecule has 2 atom stereocenters. The first-order valence-corrected chi connectivity index (χ1v) is 8.68. The Bertz CT molecular complexity index is 489. The second kappa shape index (κ2) is 5.10. The Balaban J connectivity index is 1.74. The topological polar surface area (TPSA) is 43.4 Å². The third kappa shape index (κ3) is 2.13. The number of hydrogen-bond acceptors (Lipinski definition) is 3. The Hall–Kier alpha value is -1.12. The molecule has 0 N–H and O–H groups in total. The first-order chi connectivity index (χ1) is 9.23. The molecule has 1 aliphatic heterocycles. The molecule has 4 heteroatoms. The molecule has 1 spiro atoms. The van der Waals surface area contributed by atoms with Gasteiger partial charge in [0.25, 0.3) is 0 Å². The van der Waals surface area contributed by atoms with Gasteiger partial charge in [-0.15, -0.1) is 0 Å². The summed E-state index contributed by atoms with van der Waals surface area (Å²) >= 11 is 0.301. The predicted molar refractivity (Wildman–Crippen MR) is 72.4 cm³/mol. The normalized spacial score (nSPS) is 30.0. The third-order valence-corrected chi connectivity index (χ3v) is 6.61. The molecular weight excluding hydrogens is 307 g/mol. The van der Waals surface area contributed by atoms with Crippen molar-refractivity contribution in [2.24, 2.45) is 11.3 Å². The molecule has 0 radical (unpaired) electrons. The van der Waals surface area contributed by atoms with Crippen LogP contribution >= 0.6 is 0 Å². The number of carbonyl (C=O) groups is 2. The zero-order chi connectivity index (χ0) is 13.3. The van der Waals surface area contributed by atoms with Crippen molar-refractivity contribution in [3.05, 3.63) is 30.3 Å². The van der Waals surface area contributed by atoms with Gasteiger partial charge in [-0.1, -0.05) is 0 Å². The quantitative estimate of drug-likeness (QED) is 0.479. The fourth-order valence-electron chi connectivity index (χ4n) is 3.06. The van der Waals surface area contributed by atoms with E-state index < -0.39 is 5.41 Å². The third-order valence-electron chi connectivity index (χ3n) is 4.14. The molecule has 100 valence electrons. The van der Waals surface area contributed by atoms with E-state index in [4.69, 9.17) is 4.74 Å². The van der Waals surface area contributed by atoms with Crippen molar-refractivity contribution < 1.29 is 14.3 Å². The van der Waals surface area contributed by atoms with E-state index in [1.54, 1.807) is 0 Å². The maximum absolute atomic E-state index is 12.1. The van der Waals surface area contributed by atoms with E-state index in [1.165, 1.54) is 4.46 Å². The van der Waals surface area contributed by atoms with E-state index in [0.717, 1.165) is 11.7 Å². The molecule has 0 aromatic heterocycles. The van der Waals surface area contributed by atoms with Crippen LogP contribution in [0, 0.1) is 11.3 Å². The van der Waals surface area contributed by atoms with Crippen molar-refractivity contribution in [2.45, 2.75) is 24.6 Å². The fourth-order valence-corrected chi connectivity index (χ4v) is 5.41. The molecule has 1 saturated heterocycles. The van der Waals surface area contributed by atoms with Gasteiger partial charge in [0.15, 0.2) is 0 Å². The number of hydrogen-bond donors (Lipinski definition) is 0. The average molecular weight is 323 g/mol. The van der Waals surface area contributed by atoms with Crippen LogP contribution in [-0.2, 0) is 14.3 Å². The van der Waals surface area contributed by atoms with Crippen LogP contribution in [0.1, 0.15) is 19.3 Å². The van der Waals surface area contributed by atoms with Gasteiger partial charge in [0.1, 0.15) is 0 Å². The molecule has 3 nitrogen and oxygen atoms in total. The molecular formula is C15H16O3Se. The Morgan fingerprint density at radius 2 is 2.05 bits per heavy atom. The Morgan fingerprint density at radius 1 is 1.26 bits per heavy atom. The molecule has 19 heavy (non-hydrogen) atoms. The zero-order valence-corrected chi connectivity index (χ0v) is 12.3. The summed E-state index contributed by atoms with van der Waals surface area (Å²) < 4.78 is 6.53. The van der Waals surface area contributed by atoms with Gasteiger partial charge in [0, 0.05) is 0 Å². The molecule has 1 heterocycles. The van der Waals surface area contributed by atoms with Crippen LogP contribution in [0.3, 0.4) is 0 Å². The van der Waals surface area contributed by atoms with Crippen LogP contribution < -0.4 is 4.46 Å². The second-order valence-electron chi connectivity index (χ2n) is 5.17. The van der Waals surface area contributed by atoms with Crippen molar-refractivity contribution in [1.29, 1.82) is 0 Å². The van der Waals surface area contributed by atoms with E-state index in [2.05, 4.69) is 12.1 Å². The van der Waals surface area contributed by atoms with Crippen molar-refractivity contribution in [1.82, 2.24) is 0 Å². The second-order valence-corrected chi connectivity index (χ2v) is 7.46. The van der Waals surface area contributed by atoms with Crippen LogP contribution in [0.5, 0.6) is 0 Å². The Labute approximate surface area is 118 Å². The predicted octanol–water partition coefficient (Wildman–Crippen LogP) is 1.35. The van der Waals surface area contributed by atoms with Crippen molar-refractivity contribution >= 4 is 31.2 Å². The number of benzene rings is 1. The van der Waals surface area contributed by atoms with Crippen LogP contribution in [0.4, 0.5) is 0 Å². The molecule has 1 aromatic carbocycles. The van der Waals surface area contributed by atoms with Crippen LogP contribution in [-0.4, -0.2) is 33.3 Å². The molecule has 1 saturated carbocycles. The molecule has 0 amide bonds. The van der Waals surface area contributed by atoms with E-state index in [0.29, 0.717) is 34.4 Å². The van der Waals surface area contributed by atoms with Crippen LogP contribution in [0.15, 0.2) is 30.3 Å². The van der Waals surface area contributed by atoms with Gasteiger partial charge in [-0.3, -0.25) is 0 Å². The fraction of sp³-hybridized carbons (Fsp3) is 0.467. The van der Waals surface area contributed by atoms with Gasteiger partial charge in [0.05, 0.1) is 0 Å². The number of carbonyl (C=O) groups excluding carboxylic acids is 2. The van der Waals surface area contributed by atoms with Crippen molar-refractivity contribution in [3.63, 3.8) is 0 Å². The van der Waals surface area contributed by atoms with E-state index in [9.17, 15) is 9.59 Å². The summed E-state index contributed by atoms with van der Waals surface area (Å²) in [5.41, 5.74) is -0.781. The molecule has 2 unspecified atom stereocenters. The van der Waals surface area contributed by atoms with Gasteiger partial charge in [-0.2, -0.15) is 0 Å². The van der Waals surface area contributed by atoms with Gasteiger partial charge in [-0.25, -0.2) is 0 Å². The number of Topliss-reactive ketones (excluding diaryl/α,β-unsaturated/α-hetero) is 1. The summed E-state index contributed by atoms with van der Waals surface area (Å²) in [6, 6.07) is 10.3. The summed E-state index contributed by atoms with van der Waals surface area (Å²) in [5.74, 6) is -0.0528.